The fourth-order valence-electron chi connectivity index (χ4n) is 4.53. The average molecular weight is 564 g/mol. The van der Waals surface area contributed by atoms with Gasteiger partial charge in [0, 0.05) is 12.6 Å². The molecular weight excluding hydrogens is 522 g/mol. The van der Waals surface area contributed by atoms with Crippen LogP contribution in [0, 0.1) is 13.8 Å². The predicted octanol–water partition coefficient (Wildman–Crippen LogP) is 5.26. The summed E-state index contributed by atoms with van der Waals surface area (Å²) in [7, 11) is -4.08. The average Bonchev–Trinajstić information content (AvgIpc) is 2.94. The first-order valence-electron chi connectivity index (χ1n) is 13.9. The molecule has 0 saturated heterocycles. The highest BCUT2D eigenvalue weighted by atomic mass is 32.2. The molecule has 0 spiro atoms. The molecule has 0 saturated carbocycles. The number of hydrogen-bond acceptors (Lipinski definition) is 4. The Balaban J connectivity index is 2.02. The summed E-state index contributed by atoms with van der Waals surface area (Å²) in [5, 5.41) is 3.00. The fraction of sp³-hybridized carbons (Fsp3) is 0.375. The van der Waals surface area contributed by atoms with E-state index in [0.717, 1.165) is 23.1 Å². The summed E-state index contributed by atoms with van der Waals surface area (Å²) in [6.07, 6.45) is 1.70. The molecule has 0 heterocycles. The van der Waals surface area contributed by atoms with Gasteiger partial charge in [-0.15, -0.1) is 0 Å². The molecule has 0 aliphatic rings. The van der Waals surface area contributed by atoms with Crippen LogP contribution in [-0.4, -0.2) is 50.3 Å². The minimum atomic E-state index is -4.08. The molecule has 3 aromatic rings. The highest BCUT2D eigenvalue weighted by molar-refractivity contribution is 7.92. The zero-order chi connectivity index (χ0) is 29.3. The number of nitrogens with one attached hydrogen (secondary N) is 1. The number of carbonyl (C=O) groups is 2. The monoisotopic (exact) mass is 563 g/mol. The van der Waals surface area contributed by atoms with Crippen LogP contribution in [0.25, 0.3) is 0 Å². The quantitative estimate of drug-likeness (QED) is 0.307. The van der Waals surface area contributed by atoms with Crippen molar-refractivity contribution in [3.63, 3.8) is 0 Å². The second-order valence-corrected chi connectivity index (χ2v) is 12.0. The SMILES string of the molecule is CC[C@@H](C)NC(=O)[C@@H](CC)N(CCc1ccccc1)C(=O)CN(c1ccccc1C)S(=O)(=O)c1ccc(C)cc1. The van der Waals surface area contributed by atoms with Gasteiger partial charge in [0.05, 0.1) is 10.6 Å². The molecular formula is C32H41N3O4S. The highest BCUT2D eigenvalue weighted by Crippen LogP contribution is 2.27. The lowest BCUT2D eigenvalue weighted by Gasteiger charge is -2.34. The van der Waals surface area contributed by atoms with Crippen molar-refractivity contribution < 1.29 is 18.0 Å². The van der Waals surface area contributed by atoms with Crippen molar-refractivity contribution in [2.24, 2.45) is 0 Å². The van der Waals surface area contributed by atoms with Crippen molar-refractivity contribution in [2.45, 2.75) is 70.9 Å². The number of benzene rings is 3. The van der Waals surface area contributed by atoms with Crippen LogP contribution in [0.4, 0.5) is 5.69 Å². The minimum Gasteiger partial charge on any atom is -0.352 e. The standard InChI is InChI=1S/C32H41N3O4S/c1-6-26(5)33-32(37)29(7-2)34(22-21-27-14-9-8-10-15-27)31(36)23-35(30-16-12-11-13-25(30)4)40(38,39)28-19-17-24(3)18-20-28/h8-20,26,29H,6-7,21-23H2,1-5H3,(H,33,37)/t26-,29-/m1/s1. The number of aryl methyl sites for hydroxylation is 2. The Labute approximate surface area is 239 Å². The molecule has 0 radical (unpaired) electrons. The van der Waals surface area contributed by atoms with Gasteiger partial charge in [-0.25, -0.2) is 8.42 Å². The summed E-state index contributed by atoms with van der Waals surface area (Å²) in [4.78, 5) is 29.1. The van der Waals surface area contributed by atoms with E-state index in [0.29, 0.717) is 18.5 Å². The summed E-state index contributed by atoms with van der Waals surface area (Å²) >= 11 is 0. The topological polar surface area (TPSA) is 86.8 Å². The molecule has 40 heavy (non-hydrogen) atoms. The van der Waals surface area contributed by atoms with E-state index >= 15 is 0 Å². The van der Waals surface area contributed by atoms with Gasteiger partial charge in [0.1, 0.15) is 12.6 Å². The van der Waals surface area contributed by atoms with Gasteiger partial charge in [-0.1, -0.05) is 80.1 Å². The second kappa shape index (κ2) is 14.1. The smallest absolute Gasteiger partial charge is 0.264 e. The van der Waals surface area contributed by atoms with E-state index < -0.39 is 28.5 Å². The number of anilines is 1. The molecule has 2 amide bonds. The van der Waals surface area contributed by atoms with Crippen molar-refractivity contribution in [3.05, 3.63) is 95.6 Å². The highest BCUT2D eigenvalue weighted by Gasteiger charge is 2.34. The maximum atomic E-state index is 14.1. The van der Waals surface area contributed by atoms with Crippen LogP contribution in [-0.2, 0) is 26.0 Å². The molecule has 0 unspecified atom stereocenters. The molecule has 3 aromatic carbocycles. The van der Waals surface area contributed by atoms with E-state index in [9.17, 15) is 18.0 Å². The van der Waals surface area contributed by atoms with Crippen molar-refractivity contribution in [1.29, 1.82) is 0 Å². The fourth-order valence-corrected chi connectivity index (χ4v) is 6.01. The van der Waals surface area contributed by atoms with Crippen LogP contribution in [0.2, 0.25) is 0 Å². The normalized spacial score (nSPS) is 12.8. The van der Waals surface area contributed by atoms with Crippen molar-refractivity contribution in [1.82, 2.24) is 10.2 Å². The van der Waals surface area contributed by atoms with E-state index in [1.165, 1.54) is 4.31 Å². The molecule has 3 rings (SSSR count). The Morgan fingerprint density at radius 3 is 2.08 bits per heavy atom. The van der Waals surface area contributed by atoms with E-state index in [1.54, 1.807) is 41.3 Å². The van der Waals surface area contributed by atoms with Crippen LogP contribution in [0.5, 0.6) is 0 Å². The molecule has 8 heteroatoms. The Morgan fingerprint density at radius 1 is 0.850 bits per heavy atom. The molecule has 7 nitrogen and oxygen atoms in total. The van der Waals surface area contributed by atoms with Gasteiger partial charge >= 0.3 is 0 Å². The largest absolute Gasteiger partial charge is 0.352 e. The lowest BCUT2D eigenvalue weighted by atomic mass is 10.1. The van der Waals surface area contributed by atoms with E-state index in [2.05, 4.69) is 5.32 Å². The Hall–Kier alpha value is -3.65. The van der Waals surface area contributed by atoms with Gasteiger partial charge in [-0.05, 0) is 69.4 Å². The van der Waals surface area contributed by atoms with Crippen LogP contribution >= 0.6 is 0 Å². The number of hydrogen-bond donors (Lipinski definition) is 1. The van der Waals surface area contributed by atoms with Gasteiger partial charge < -0.3 is 10.2 Å². The molecule has 0 aromatic heterocycles. The molecule has 0 bridgehead atoms. The molecule has 1 N–H and O–H groups in total. The number of para-hydroxylation sites is 1. The second-order valence-electron chi connectivity index (χ2n) is 10.2. The van der Waals surface area contributed by atoms with Crippen molar-refractivity contribution >= 4 is 27.5 Å². The third-order valence-electron chi connectivity index (χ3n) is 7.14. The third-order valence-corrected chi connectivity index (χ3v) is 8.92. The van der Waals surface area contributed by atoms with Gasteiger partial charge in [0.2, 0.25) is 11.8 Å². The van der Waals surface area contributed by atoms with Gasteiger partial charge in [-0.2, -0.15) is 0 Å². The maximum Gasteiger partial charge on any atom is 0.264 e. The van der Waals surface area contributed by atoms with Gasteiger partial charge in [-0.3, -0.25) is 13.9 Å². The molecule has 0 aliphatic carbocycles. The van der Waals surface area contributed by atoms with Crippen LogP contribution < -0.4 is 9.62 Å². The lowest BCUT2D eigenvalue weighted by Crippen LogP contribution is -2.54. The Bertz CT molecular complexity index is 1370. The number of sulfonamides is 1. The Morgan fingerprint density at radius 2 is 1.48 bits per heavy atom. The first kappa shape index (κ1) is 30.9. The molecule has 2 atom stereocenters. The van der Waals surface area contributed by atoms with Crippen LogP contribution in [0.1, 0.15) is 50.3 Å². The molecule has 214 valence electrons. The van der Waals surface area contributed by atoms with E-state index in [-0.39, 0.29) is 23.4 Å². The lowest BCUT2D eigenvalue weighted by molar-refractivity contribution is -0.139. The van der Waals surface area contributed by atoms with Crippen LogP contribution in [0.15, 0.2) is 83.8 Å². The van der Waals surface area contributed by atoms with Gasteiger partial charge in [0.25, 0.3) is 10.0 Å². The predicted molar refractivity (Wildman–Crippen MR) is 161 cm³/mol. The first-order valence-corrected chi connectivity index (χ1v) is 15.3. The maximum absolute atomic E-state index is 14.1. The van der Waals surface area contributed by atoms with Crippen molar-refractivity contribution in [3.8, 4) is 0 Å². The zero-order valence-corrected chi connectivity index (χ0v) is 24.9. The zero-order valence-electron chi connectivity index (χ0n) is 24.1. The summed E-state index contributed by atoms with van der Waals surface area (Å²) in [6.45, 7) is 9.34. The summed E-state index contributed by atoms with van der Waals surface area (Å²) in [5.41, 5.74) is 3.11. The summed E-state index contributed by atoms with van der Waals surface area (Å²) < 4.78 is 29.1. The van der Waals surface area contributed by atoms with Crippen molar-refractivity contribution in [2.75, 3.05) is 17.4 Å². The number of rotatable bonds is 13. The van der Waals surface area contributed by atoms with E-state index in [1.807, 2.05) is 77.1 Å². The number of amides is 2. The third kappa shape index (κ3) is 7.72. The first-order chi connectivity index (χ1) is 19.1. The summed E-state index contributed by atoms with van der Waals surface area (Å²) in [5.74, 6) is -0.664. The number of nitrogens with zero attached hydrogens (tertiary/aromatic N) is 2. The minimum absolute atomic E-state index is 0.0435. The molecule has 0 aliphatic heterocycles. The summed E-state index contributed by atoms with van der Waals surface area (Å²) in [6, 6.07) is 22.7. The van der Waals surface area contributed by atoms with Gasteiger partial charge in [0.15, 0.2) is 0 Å². The number of carbonyl (C=O) groups excluding carboxylic acids is 2. The molecule has 0 fully saturated rings. The van der Waals surface area contributed by atoms with E-state index in [4.69, 9.17) is 0 Å². The van der Waals surface area contributed by atoms with Crippen LogP contribution in [0.3, 0.4) is 0 Å². The Kier molecular flexibility index (Phi) is 10.9.